The Morgan fingerprint density at radius 3 is 2.84 bits per heavy atom. The molecular weight excluding hydrogens is 324 g/mol. The van der Waals surface area contributed by atoms with Crippen LogP contribution in [0.1, 0.15) is 11.4 Å². The molecule has 0 bridgehead atoms. The van der Waals surface area contributed by atoms with Crippen molar-refractivity contribution in [2.75, 3.05) is 7.11 Å². The second-order valence-corrected chi connectivity index (χ2v) is 5.12. The fourth-order valence-corrected chi connectivity index (χ4v) is 2.39. The average Bonchev–Trinajstić information content (AvgIpc) is 3.04. The van der Waals surface area contributed by atoms with Gasteiger partial charge in [0.2, 0.25) is 5.75 Å². The van der Waals surface area contributed by atoms with E-state index in [0.717, 1.165) is 11.6 Å². The lowest BCUT2D eigenvalue weighted by Gasteiger charge is -2.05. The predicted octanol–water partition coefficient (Wildman–Crippen LogP) is 3.25. The van der Waals surface area contributed by atoms with Crippen molar-refractivity contribution in [1.82, 2.24) is 9.97 Å². The second kappa shape index (κ2) is 6.33. The fraction of sp³-hybridized carbons (Fsp3) is 0.0588. The Balaban J connectivity index is 2.12. The molecule has 8 nitrogen and oxygen atoms in total. The van der Waals surface area contributed by atoms with E-state index in [4.69, 9.17) is 4.74 Å². The third-order valence-corrected chi connectivity index (χ3v) is 3.57. The normalized spacial score (nSPS) is 11.3. The lowest BCUT2D eigenvalue weighted by atomic mass is 10.1. The minimum atomic E-state index is -0.720. The first-order valence-corrected chi connectivity index (χ1v) is 7.15. The van der Waals surface area contributed by atoms with Gasteiger partial charge in [0.25, 0.3) is 0 Å². The largest absolute Gasteiger partial charge is 0.500 e. The number of nitro groups is 1. The number of nitro benzene ring substituents is 1. The Hall–Kier alpha value is -3.86. The number of para-hydroxylation sites is 2. The first-order valence-electron chi connectivity index (χ1n) is 7.15. The molecule has 3 aromatic rings. The number of phenols is 1. The van der Waals surface area contributed by atoms with Crippen LogP contribution in [0.2, 0.25) is 0 Å². The Kier molecular flexibility index (Phi) is 4.05. The molecule has 0 unspecified atom stereocenters. The lowest BCUT2D eigenvalue weighted by Crippen LogP contribution is -1.93. The van der Waals surface area contributed by atoms with Gasteiger partial charge in [0.1, 0.15) is 11.9 Å². The highest BCUT2D eigenvalue weighted by Crippen LogP contribution is 2.37. The van der Waals surface area contributed by atoms with Crippen molar-refractivity contribution >= 4 is 28.4 Å². The first-order chi connectivity index (χ1) is 12.0. The minimum absolute atomic E-state index is 0.0534. The van der Waals surface area contributed by atoms with E-state index < -0.39 is 16.4 Å². The van der Waals surface area contributed by atoms with Crippen molar-refractivity contribution in [3.63, 3.8) is 0 Å². The van der Waals surface area contributed by atoms with Crippen LogP contribution in [0.3, 0.4) is 0 Å². The molecule has 0 fully saturated rings. The molecule has 0 spiro atoms. The number of ether oxygens (including phenoxy) is 1. The van der Waals surface area contributed by atoms with Gasteiger partial charge in [0.05, 0.1) is 28.6 Å². The predicted molar refractivity (Wildman–Crippen MR) is 90.9 cm³/mol. The lowest BCUT2D eigenvalue weighted by molar-refractivity contribution is -0.386. The number of aromatic amines is 1. The Bertz CT molecular complexity index is 1010. The molecule has 2 aromatic carbocycles. The van der Waals surface area contributed by atoms with Gasteiger partial charge >= 0.3 is 5.69 Å². The number of aromatic hydroxyl groups is 1. The number of imidazole rings is 1. The number of hydrogen-bond donors (Lipinski definition) is 2. The summed E-state index contributed by atoms with van der Waals surface area (Å²) < 4.78 is 4.96. The first kappa shape index (κ1) is 16.0. The standard InChI is InChI=1S/C17H12N4O4/c1-25-15-8-10(7-14(16(15)22)21(23)24)6-11(9-18)17-19-12-4-2-3-5-13(12)20-17/h2-8,22H,1H3,(H,19,20). The van der Waals surface area contributed by atoms with E-state index in [1.807, 2.05) is 24.3 Å². The van der Waals surface area contributed by atoms with E-state index in [1.165, 1.54) is 19.3 Å². The molecule has 0 aliphatic heterocycles. The Labute approximate surface area is 141 Å². The highest BCUT2D eigenvalue weighted by molar-refractivity contribution is 5.90. The van der Waals surface area contributed by atoms with E-state index in [1.54, 1.807) is 6.07 Å². The van der Waals surface area contributed by atoms with Crippen LogP contribution in [0.15, 0.2) is 36.4 Å². The average molecular weight is 336 g/mol. The van der Waals surface area contributed by atoms with Crippen LogP contribution in [0.5, 0.6) is 11.5 Å². The maximum Gasteiger partial charge on any atom is 0.315 e. The smallest absolute Gasteiger partial charge is 0.315 e. The number of nitriles is 1. The molecule has 0 saturated carbocycles. The van der Waals surface area contributed by atoms with E-state index in [-0.39, 0.29) is 11.3 Å². The summed E-state index contributed by atoms with van der Waals surface area (Å²) in [6.45, 7) is 0. The van der Waals surface area contributed by atoms with Crippen LogP contribution >= 0.6 is 0 Å². The molecular formula is C17H12N4O4. The van der Waals surface area contributed by atoms with Gasteiger partial charge in [0.15, 0.2) is 5.75 Å². The molecule has 1 aromatic heterocycles. The molecule has 2 N–H and O–H groups in total. The molecule has 25 heavy (non-hydrogen) atoms. The third kappa shape index (κ3) is 2.98. The van der Waals surface area contributed by atoms with Gasteiger partial charge in [-0.2, -0.15) is 5.26 Å². The molecule has 8 heteroatoms. The van der Waals surface area contributed by atoms with Crippen LogP contribution < -0.4 is 4.74 Å². The van der Waals surface area contributed by atoms with E-state index in [2.05, 4.69) is 9.97 Å². The molecule has 1 heterocycles. The summed E-state index contributed by atoms with van der Waals surface area (Å²) in [5.41, 5.74) is 1.49. The molecule has 0 atom stereocenters. The van der Waals surface area contributed by atoms with E-state index in [9.17, 15) is 20.5 Å². The second-order valence-electron chi connectivity index (χ2n) is 5.12. The molecule has 0 radical (unpaired) electrons. The summed E-state index contributed by atoms with van der Waals surface area (Å²) in [6, 6.07) is 11.9. The summed E-state index contributed by atoms with van der Waals surface area (Å²) in [5.74, 6) is -0.271. The number of rotatable bonds is 4. The van der Waals surface area contributed by atoms with Crippen molar-refractivity contribution in [2.24, 2.45) is 0 Å². The van der Waals surface area contributed by atoms with Crippen molar-refractivity contribution in [1.29, 1.82) is 5.26 Å². The highest BCUT2D eigenvalue weighted by atomic mass is 16.6. The minimum Gasteiger partial charge on any atom is -0.500 e. The van der Waals surface area contributed by atoms with Crippen LogP contribution in [0, 0.1) is 21.4 Å². The number of fused-ring (bicyclic) bond motifs is 1. The summed E-state index contributed by atoms with van der Waals surface area (Å²) in [5, 5.41) is 30.3. The molecule has 0 saturated heterocycles. The van der Waals surface area contributed by atoms with Gasteiger partial charge in [-0.3, -0.25) is 10.1 Å². The molecule has 124 valence electrons. The number of allylic oxidation sites excluding steroid dienone is 1. The SMILES string of the molecule is COc1cc(C=C(C#N)c2nc3ccccc3[nH]2)cc([N+](=O)[O-])c1O. The number of phenolic OH excluding ortho intramolecular Hbond substituents is 1. The Morgan fingerprint density at radius 1 is 1.44 bits per heavy atom. The fourth-order valence-electron chi connectivity index (χ4n) is 2.39. The number of methoxy groups -OCH3 is 1. The number of H-pyrrole nitrogens is 1. The quantitative estimate of drug-likeness (QED) is 0.428. The third-order valence-electron chi connectivity index (χ3n) is 3.57. The zero-order chi connectivity index (χ0) is 18.0. The van der Waals surface area contributed by atoms with Gasteiger partial charge in [0, 0.05) is 6.07 Å². The van der Waals surface area contributed by atoms with Crippen molar-refractivity contribution in [3.05, 3.63) is 57.9 Å². The number of aromatic nitrogens is 2. The molecule has 0 aliphatic carbocycles. The topological polar surface area (TPSA) is 125 Å². The molecule has 0 amide bonds. The molecule has 3 rings (SSSR count). The van der Waals surface area contributed by atoms with Crippen LogP contribution in [-0.4, -0.2) is 27.1 Å². The summed E-state index contributed by atoms with van der Waals surface area (Å²) in [4.78, 5) is 17.7. The number of benzene rings is 2. The van der Waals surface area contributed by atoms with Gasteiger partial charge in [-0.25, -0.2) is 4.98 Å². The number of hydrogen-bond acceptors (Lipinski definition) is 6. The van der Waals surface area contributed by atoms with Crippen LogP contribution in [-0.2, 0) is 0 Å². The maximum atomic E-state index is 11.1. The van der Waals surface area contributed by atoms with Crippen molar-refractivity contribution < 1.29 is 14.8 Å². The Morgan fingerprint density at radius 2 is 2.20 bits per heavy atom. The van der Waals surface area contributed by atoms with Gasteiger partial charge < -0.3 is 14.8 Å². The van der Waals surface area contributed by atoms with Crippen LogP contribution in [0.25, 0.3) is 22.7 Å². The van der Waals surface area contributed by atoms with Crippen LogP contribution in [0.4, 0.5) is 5.69 Å². The summed E-state index contributed by atoms with van der Waals surface area (Å²) in [7, 11) is 1.29. The number of nitrogens with one attached hydrogen (secondary N) is 1. The summed E-state index contributed by atoms with van der Waals surface area (Å²) >= 11 is 0. The number of nitrogens with zero attached hydrogens (tertiary/aromatic N) is 3. The van der Waals surface area contributed by atoms with E-state index in [0.29, 0.717) is 16.9 Å². The zero-order valence-electron chi connectivity index (χ0n) is 13.1. The van der Waals surface area contributed by atoms with Gasteiger partial charge in [-0.05, 0) is 29.8 Å². The van der Waals surface area contributed by atoms with Gasteiger partial charge in [-0.1, -0.05) is 12.1 Å². The highest BCUT2D eigenvalue weighted by Gasteiger charge is 2.20. The van der Waals surface area contributed by atoms with Crippen molar-refractivity contribution in [2.45, 2.75) is 0 Å². The monoisotopic (exact) mass is 336 g/mol. The summed E-state index contributed by atoms with van der Waals surface area (Å²) in [6.07, 6.45) is 1.44. The zero-order valence-corrected chi connectivity index (χ0v) is 13.1. The van der Waals surface area contributed by atoms with Gasteiger partial charge in [-0.15, -0.1) is 0 Å². The van der Waals surface area contributed by atoms with Crippen molar-refractivity contribution in [3.8, 4) is 17.6 Å². The van der Waals surface area contributed by atoms with E-state index >= 15 is 0 Å². The molecule has 0 aliphatic rings. The maximum absolute atomic E-state index is 11.1.